The SMILES string of the molecule is O=C1C[C@H](N2CCC(c3nc4ccccc4s3)CC2)C(=O)N1c1ccc(Cl)c(C(F)(F)F)c1. The molecule has 2 aromatic carbocycles. The van der Waals surface area contributed by atoms with E-state index in [1.165, 1.54) is 6.07 Å². The van der Waals surface area contributed by atoms with Gasteiger partial charge in [0.05, 0.1) is 44.0 Å². The minimum Gasteiger partial charge on any atom is -0.291 e. The summed E-state index contributed by atoms with van der Waals surface area (Å²) >= 11 is 7.36. The highest BCUT2D eigenvalue weighted by Gasteiger charge is 2.44. The van der Waals surface area contributed by atoms with Crippen molar-refractivity contribution in [3.8, 4) is 0 Å². The molecular weight excluding hydrogens is 475 g/mol. The smallest absolute Gasteiger partial charge is 0.291 e. The molecule has 2 saturated heterocycles. The first-order valence-electron chi connectivity index (χ1n) is 10.6. The molecule has 0 aliphatic carbocycles. The monoisotopic (exact) mass is 493 g/mol. The summed E-state index contributed by atoms with van der Waals surface area (Å²) in [6.07, 6.45) is -3.12. The Balaban J connectivity index is 1.30. The van der Waals surface area contributed by atoms with Crippen LogP contribution in [0.5, 0.6) is 0 Å². The second-order valence-electron chi connectivity index (χ2n) is 8.28. The van der Waals surface area contributed by atoms with Gasteiger partial charge in [0, 0.05) is 5.92 Å². The number of amides is 2. The Hall–Kier alpha value is -2.49. The van der Waals surface area contributed by atoms with Gasteiger partial charge in [-0.05, 0) is 56.3 Å². The summed E-state index contributed by atoms with van der Waals surface area (Å²) in [5.41, 5.74) is -0.190. The number of alkyl halides is 3. The van der Waals surface area contributed by atoms with Crippen molar-refractivity contribution < 1.29 is 22.8 Å². The molecule has 0 N–H and O–H groups in total. The van der Waals surface area contributed by atoms with Gasteiger partial charge in [0.2, 0.25) is 5.91 Å². The largest absolute Gasteiger partial charge is 0.417 e. The number of para-hydroxylation sites is 1. The van der Waals surface area contributed by atoms with Crippen molar-refractivity contribution in [1.82, 2.24) is 9.88 Å². The van der Waals surface area contributed by atoms with E-state index in [2.05, 4.69) is 0 Å². The molecule has 3 aromatic rings. The van der Waals surface area contributed by atoms with E-state index < -0.39 is 34.6 Å². The fourth-order valence-corrected chi connectivity index (χ4v) is 5.93. The number of hydrogen-bond donors (Lipinski definition) is 0. The maximum absolute atomic E-state index is 13.2. The number of anilines is 1. The third-order valence-electron chi connectivity index (χ3n) is 6.27. The van der Waals surface area contributed by atoms with Crippen LogP contribution in [0.4, 0.5) is 18.9 Å². The Morgan fingerprint density at radius 3 is 2.48 bits per heavy atom. The lowest BCUT2D eigenvalue weighted by Gasteiger charge is -2.34. The maximum Gasteiger partial charge on any atom is 0.417 e. The molecule has 172 valence electrons. The van der Waals surface area contributed by atoms with Gasteiger partial charge in [0.1, 0.15) is 0 Å². The van der Waals surface area contributed by atoms with E-state index in [0.29, 0.717) is 13.1 Å². The van der Waals surface area contributed by atoms with Crippen LogP contribution in [-0.4, -0.2) is 40.8 Å². The number of fused-ring (bicyclic) bond motifs is 1. The number of imide groups is 1. The molecule has 0 radical (unpaired) electrons. The number of carbonyl (C=O) groups excluding carboxylic acids is 2. The van der Waals surface area contributed by atoms with E-state index >= 15 is 0 Å². The van der Waals surface area contributed by atoms with Crippen molar-refractivity contribution in [3.63, 3.8) is 0 Å². The van der Waals surface area contributed by atoms with Gasteiger partial charge in [0.15, 0.2) is 0 Å². The van der Waals surface area contributed by atoms with Crippen molar-refractivity contribution >= 4 is 50.7 Å². The number of nitrogens with zero attached hydrogens (tertiary/aromatic N) is 3. The van der Waals surface area contributed by atoms with Crippen molar-refractivity contribution in [2.75, 3.05) is 18.0 Å². The molecule has 2 amide bonds. The number of halogens is 4. The zero-order valence-electron chi connectivity index (χ0n) is 17.3. The van der Waals surface area contributed by atoms with Crippen molar-refractivity contribution in [1.29, 1.82) is 0 Å². The number of piperidine rings is 1. The number of benzene rings is 2. The molecule has 2 fully saturated rings. The lowest BCUT2D eigenvalue weighted by Crippen LogP contribution is -2.45. The van der Waals surface area contributed by atoms with Crippen LogP contribution in [0.1, 0.15) is 35.8 Å². The van der Waals surface area contributed by atoms with Crippen LogP contribution in [0.15, 0.2) is 42.5 Å². The van der Waals surface area contributed by atoms with Crippen molar-refractivity contribution in [3.05, 3.63) is 58.1 Å². The van der Waals surface area contributed by atoms with Crippen LogP contribution in [0.2, 0.25) is 5.02 Å². The molecule has 1 atom stereocenters. The minimum absolute atomic E-state index is 0.0470. The van der Waals surface area contributed by atoms with E-state index in [1.807, 2.05) is 29.2 Å². The molecule has 5 rings (SSSR count). The van der Waals surface area contributed by atoms with Crippen LogP contribution in [0.3, 0.4) is 0 Å². The van der Waals surface area contributed by atoms with Gasteiger partial charge < -0.3 is 0 Å². The fourth-order valence-electron chi connectivity index (χ4n) is 4.56. The normalized spacial score (nSPS) is 20.8. The van der Waals surface area contributed by atoms with E-state index in [9.17, 15) is 22.8 Å². The number of carbonyl (C=O) groups is 2. The summed E-state index contributed by atoms with van der Waals surface area (Å²) in [5, 5.41) is 0.603. The van der Waals surface area contributed by atoms with E-state index in [1.54, 1.807) is 11.3 Å². The Morgan fingerprint density at radius 2 is 1.79 bits per heavy atom. The first-order valence-corrected chi connectivity index (χ1v) is 11.7. The molecule has 2 aliphatic heterocycles. The minimum atomic E-state index is -4.68. The van der Waals surface area contributed by atoms with Gasteiger partial charge in [-0.25, -0.2) is 9.88 Å². The van der Waals surface area contributed by atoms with Crippen molar-refractivity contribution in [2.45, 2.75) is 37.4 Å². The highest BCUT2D eigenvalue weighted by Crippen LogP contribution is 2.39. The van der Waals surface area contributed by atoms with Gasteiger partial charge in [0.25, 0.3) is 5.91 Å². The van der Waals surface area contributed by atoms with Crippen LogP contribution >= 0.6 is 22.9 Å². The summed E-state index contributed by atoms with van der Waals surface area (Å²) < 4.78 is 40.9. The molecular formula is C23H19ClF3N3O2S. The van der Waals surface area contributed by atoms with E-state index in [-0.39, 0.29) is 18.0 Å². The van der Waals surface area contributed by atoms with Crippen LogP contribution in [0.25, 0.3) is 10.2 Å². The van der Waals surface area contributed by atoms with Crippen LogP contribution < -0.4 is 4.90 Å². The molecule has 33 heavy (non-hydrogen) atoms. The average Bonchev–Trinajstić information content (AvgIpc) is 3.34. The van der Waals surface area contributed by atoms with Gasteiger partial charge >= 0.3 is 6.18 Å². The number of likely N-dealkylation sites (tertiary alicyclic amines) is 1. The second kappa shape index (κ2) is 8.38. The lowest BCUT2D eigenvalue weighted by molar-refractivity contribution is -0.137. The quantitative estimate of drug-likeness (QED) is 0.453. The van der Waals surface area contributed by atoms with Crippen molar-refractivity contribution in [2.24, 2.45) is 0 Å². The highest BCUT2D eigenvalue weighted by molar-refractivity contribution is 7.18. The number of rotatable bonds is 3. The summed E-state index contributed by atoms with van der Waals surface area (Å²) in [5.74, 6) is -0.713. The molecule has 0 bridgehead atoms. The Bertz CT molecular complexity index is 1200. The first-order chi connectivity index (χ1) is 15.7. The predicted molar refractivity (Wildman–Crippen MR) is 121 cm³/mol. The van der Waals surface area contributed by atoms with Gasteiger partial charge in [-0.3, -0.25) is 14.5 Å². The molecule has 0 unspecified atom stereocenters. The summed E-state index contributed by atoms with van der Waals surface area (Å²) in [6, 6.07) is 10.4. The average molecular weight is 494 g/mol. The molecule has 0 saturated carbocycles. The molecule has 2 aliphatic rings. The number of aromatic nitrogens is 1. The number of thiazole rings is 1. The Morgan fingerprint density at radius 1 is 1.06 bits per heavy atom. The third kappa shape index (κ3) is 4.13. The number of hydrogen-bond acceptors (Lipinski definition) is 5. The fraction of sp³-hybridized carbons (Fsp3) is 0.348. The lowest BCUT2D eigenvalue weighted by atomic mass is 9.96. The standard InChI is InChI=1S/C23H19ClF3N3O2S/c24-16-6-5-14(11-15(16)23(25,26)27)30-20(31)12-18(22(30)32)29-9-7-13(8-10-29)21-28-17-3-1-2-4-19(17)33-21/h1-6,11,13,18H,7-10,12H2/t18-/m0/s1. The van der Waals surface area contributed by atoms with E-state index in [0.717, 1.165) is 45.1 Å². The van der Waals surface area contributed by atoms with Gasteiger partial charge in [-0.15, -0.1) is 11.3 Å². The van der Waals surface area contributed by atoms with Crippen LogP contribution in [0, 0.1) is 0 Å². The van der Waals surface area contributed by atoms with Gasteiger partial charge in [-0.2, -0.15) is 13.2 Å². The third-order valence-corrected chi connectivity index (χ3v) is 7.79. The molecule has 3 heterocycles. The first kappa shape index (κ1) is 22.3. The highest BCUT2D eigenvalue weighted by atomic mass is 35.5. The Labute approximate surface area is 196 Å². The molecule has 0 spiro atoms. The summed E-state index contributed by atoms with van der Waals surface area (Å²) in [7, 11) is 0. The zero-order chi connectivity index (χ0) is 23.3. The summed E-state index contributed by atoms with van der Waals surface area (Å²) in [4.78, 5) is 33.3. The summed E-state index contributed by atoms with van der Waals surface area (Å²) in [6.45, 7) is 1.24. The molecule has 5 nitrogen and oxygen atoms in total. The second-order valence-corrected chi connectivity index (χ2v) is 9.75. The zero-order valence-corrected chi connectivity index (χ0v) is 18.9. The van der Waals surface area contributed by atoms with Gasteiger partial charge in [-0.1, -0.05) is 23.7 Å². The predicted octanol–water partition coefficient (Wildman–Crippen LogP) is 5.48. The van der Waals surface area contributed by atoms with Crippen LogP contribution in [-0.2, 0) is 15.8 Å². The molecule has 10 heteroatoms. The topological polar surface area (TPSA) is 53.5 Å². The maximum atomic E-state index is 13.2. The Kier molecular flexibility index (Phi) is 5.66. The van der Waals surface area contributed by atoms with E-state index in [4.69, 9.17) is 16.6 Å². The molecule has 1 aromatic heterocycles.